The van der Waals surface area contributed by atoms with Crippen LogP contribution in [0.5, 0.6) is 5.75 Å². The van der Waals surface area contributed by atoms with Crippen molar-refractivity contribution in [2.45, 2.75) is 106 Å². The van der Waals surface area contributed by atoms with Gasteiger partial charge in [-0.3, -0.25) is 4.79 Å². The van der Waals surface area contributed by atoms with Crippen molar-refractivity contribution < 1.29 is 14.3 Å². The van der Waals surface area contributed by atoms with Gasteiger partial charge in [0.25, 0.3) is 0 Å². The molecule has 0 radical (unpaired) electrons. The van der Waals surface area contributed by atoms with Crippen LogP contribution in [0.25, 0.3) is 22.2 Å². The number of aromatic nitrogens is 1. The highest BCUT2D eigenvalue weighted by Crippen LogP contribution is 2.40. The van der Waals surface area contributed by atoms with Crippen LogP contribution in [0.3, 0.4) is 0 Å². The summed E-state index contributed by atoms with van der Waals surface area (Å²) in [5.41, 5.74) is 2.56. The maximum Gasteiger partial charge on any atom is 0.310 e. The zero-order valence-electron chi connectivity index (χ0n) is 25.9. The second kappa shape index (κ2) is 11.2. The molecular formula is C34H49NO3S. The molecule has 0 aliphatic rings. The predicted octanol–water partition coefficient (Wildman–Crippen LogP) is 9.72. The van der Waals surface area contributed by atoms with Gasteiger partial charge in [0.05, 0.1) is 11.4 Å². The van der Waals surface area contributed by atoms with Gasteiger partial charge in [0.1, 0.15) is 11.4 Å². The number of esters is 1. The monoisotopic (exact) mass is 551 g/mol. The van der Waals surface area contributed by atoms with Crippen LogP contribution < -0.4 is 4.74 Å². The third-order valence-electron chi connectivity index (χ3n) is 7.01. The molecule has 0 saturated carbocycles. The minimum absolute atomic E-state index is 0.0228. The lowest BCUT2D eigenvalue weighted by Crippen LogP contribution is -2.42. The van der Waals surface area contributed by atoms with Gasteiger partial charge in [-0.1, -0.05) is 71.9 Å². The first-order valence-corrected chi connectivity index (χ1v) is 14.6. The van der Waals surface area contributed by atoms with E-state index in [0.29, 0.717) is 6.42 Å². The van der Waals surface area contributed by atoms with Crippen LogP contribution in [0.1, 0.15) is 95.0 Å². The molecule has 2 atom stereocenters. The molecule has 0 aliphatic carbocycles. The van der Waals surface area contributed by atoms with Gasteiger partial charge in [-0.25, -0.2) is 0 Å². The number of hydrogen-bond donors (Lipinski definition) is 1. The van der Waals surface area contributed by atoms with Crippen LogP contribution in [-0.4, -0.2) is 21.1 Å². The van der Waals surface area contributed by atoms with Crippen LogP contribution >= 0.6 is 12.6 Å². The van der Waals surface area contributed by atoms with Crippen molar-refractivity contribution in [1.29, 1.82) is 0 Å². The minimum Gasteiger partial charge on any atom is -0.477 e. The third-order valence-corrected chi connectivity index (χ3v) is 7.26. The van der Waals surface area contributed by atoms with E-state index in [1.165, 1.54) is 11.3 Å². The molecular weight excluding hydrogens is 502 g/mol. The normalized spacial score (nSPS) is 15.3. The third kappa shape index (κ3) is 8.30. The van der Waals surface area contributed by atoms with E-state index in [9.17, 15) is 4.79 Å². The highest BCUT2D eigenvalue weighted by Gasteiger charge is 2.40. The Morgan fingerprint density at radius 3 is 2.05 bits per heavy atom. The Labute approximate surface area is 241 Å². The first-order valence-electron chi connectivity index (χ1n) is 14.1. The summed E-state index contributed by atoms with van der Waals surface area (Å²) in [6.45, 7) is 23.0. The largest absolute Gasteiger partial charge is 0.477 e. The van der Waals surface area contributed by atoms with Crippen LogP contribution in [0.4, 0.5) is 0 Å². The van der Waals surface area contributed by atoms with Crippen molar-refractivity contribution in [3.05, 3.63) is 54.6 Å². The second-order valence-electron chi connectivity index (χ2n) is 14.4. The molecule has 0 aliphatic heterocycles. The summed E-state index contributed by atoms with van der Waals surface area (Å²) in [5, 5.41) is 1.16. The zero-order valence-corrected chi connectivity index (χ0v) is 26.8. The summed E-state index contributed by atoms with van der Waals surface area (Å²) in [7, 11) is 0. The fourth-order valence-electron chi connectivity index (χ4n) is 5.47. The molecule has 0 N–H and O–H groups in total. The smallest absolute Gasteiger partial charge is 0.310 e. The van der Waals surface area contributed by atoms with Crippen LogP contribution in [0.2, 0.25) is 0 Å². The van der Waals surface area contributed by atoms with E-state index in [2.05, 4.69) is 102 Å². The van der Waals surface area contributed by atoms with E-state index >= 15 is 0 Å². The lowest BCUT2D eigenvalue weighted by atomic mass is 9.72. The molecule has 3 aromatic rings. The molecule has 1 heterocycles. The van der Waals surface area contributed by atoms with E-state index in [0.717, 1.165) is 23.1 Å². The standard InChI is InChI=1S/C34H49NO3S/c1-23(2)35-28(24-15-13-12-14-16-24)19-25-17-18-26(20-29(25)35)37-34(11,39)22-33(9,10)38-30(36)27(32(6,7)8)21-31(3,4)5/h12-20,23,27,39H,21-22H2,1-11H3. The Bertz CT molecular complexity index is 1270. The van der Waals surface area contributed by atoms with Gasteiger partial charge in [-0.2, -0.15) is 0 Å². The number of thiol groups is 1. The van der Waals surface area contributed by atoms with Crippen LogP contribution in [0.15, 0.2) is 54.6 Å². The summed E-state index contributed by atoms with van der Waals surface area (Å²) in [4.78, 5) is 12.6. The van der Waals surface area contributed by atoms with E-state index < -0.39 is 10.5 Å². The van der Waals surface area contributed by atoms with E-state index in [1.54, 1.807) is 0 Å². The maximum atomic E-state index is 13.4. The second-order valence-corrected chi connectivity index (χ2v) is 15.3. The molecule has 0 bridgehead atoms. The van der Waals surface area contributed by atoms with E-state index in [4.69, 9.17) is 22.1 Å². The molecule has 39 heavy (non-hydrogen) atoms. The van der Waals surface area contributed by atoms with Gasteiger partial charge in [0, 0.05) is 29.6 Å². The number of carbonyl (C=O) groups excluding carboxylic acids is 1. The Balaban J connectivity index is 1.82. The SMILES string of the molecule is CC(C)n1c(-c2ccccc2)cc2ccc(OC(C)(S)CC(C)(C)OC(=O)C(CC(C)(C)C)C(C)(C)C)cc21. The van der Waals surface area contributed by atoms with Crippen molar-refractivity contribution in [2.24, 2.45) is 16.7 Å². The molecule has 5 heteroatoms. The number of fused-ring (bicyclic) bond motifs is 1. The number of nitrogens with zero attached hydrogens (tertiary/aromatic N) is 1. The molecule has 1 aromatic heterocycles. The van der Waals surface area contributed by atoms with Crippen molar-refractivity contribution in [3.8, 4) is 17.0 Å². The lowest BCUT2D eigenvalue weighted by molar-refractivity contribution is -0.169. The molecule has 214 valence electrons. The molecule has 0 spiro atoms. The Kier molecular flexibility index (Phi) is 8.97. The Hall–Kier alpha value is -2.40. The highest BCUT2D eigenvalue weighted by molar-refractivity contribution is 7.81. The molecule has 4 nitrogen and oxygen atoms in total. The van der Waals surface area contributed by atoms with Gasteiger partial charge in [-0.15, -0.1) is 12.6 Å². The van der Waals surface area contributed by atoms with E-state index in [1.807, 2.05) is 32.9 Å². The summed E-state index contributed by atoms with van der Waals surface area (Å²) >= 11 is 4.89. The summed E-state index contributed by atoms with van der Waals surface area (Å²) in [6, 6.07) is 19.2. The lowest BCUT2D eigenvalue weighted by Gasteiger charge is -2.38. The zero-order chi connectivity index (χ0) is 29.4. The topological polar surface area (TPSA) is 40.5 Å². The molecule has 0 fully saturated rings. The van der Waals surface area contributed by atoms with Crippen molar-refractivity contribution in [3.63, 3.8) is 0 Å². The van der Waals surface area contributed by atoms with Crippen LogP contribution in [-0.2, 0) is 9.53 Å². The Morgan fingerprint density at radius 2 is 1.51 bits per heavy atom. The van der Waals surface area contributed by atoms with Gasteiger partial charge >= 0.3 is 5.97 Å². The van der Waals surface area contributed by atoms with E-state index in [-0.39, 0.29) is 28.8 Å². The van der Waals surface area contributed by atoms with Crippen molar-refractivity contribution in [2.75, 3.05) is 0 Å². The Morgan fingerprint density at radius 1 is 0.897 bits per heavy atom. The minimum atomic E-state index is -0.851. The van der Waals surface area contributed by atoms with Crippen molar-refractivity contribution in [1.82, 2.24) is 4.57 Å². The quantitative estimate of drug-likeness (QED) is 0.163. The molecule has 2 unspecified atom stereocenters. The maximum absolute atomic E-state index is 13.4. The molecule has 3 rings (SSSR count). The fourth-order valence-corrected chi connectivity index (χ4v) is 5.95. The predicted molar refractivity (Wildman–Crippen MR) is 168 cm³/mol. The summed E-state index contributed by atoms with van der Waals surface area (Å²) < 4.78 is 14.9. The fraction of sp³-hybridized carbons (Fsp3) is 0.559. The first kappa shape index (κ1) is 31.1. The number of ether oxygens (including phenoxy) is 2. The van der Waals surface area contributed by atoms with Crippen LogP contribution in [0, 0.1) is 16.7 Å². The first-order chi connectivity index (χ1) is 17.8. The van der Waals surface area contributed by atoms with Gasteiger partial charge < -0.3 is 14.0 Å². The molecule has 0 amide bonds. The van der Waals surface area contributed by atoms with Gasteiger partial charge in [0.15, 0.2) is 4.93 Å². The highest BCUT2D eigenvalue weighted by atomic mass is 32.1. The average molecular weight is 552 g/mol. The number of benzene rings is 2. The van der Waals surface area contributed by atoms with Crippen molar-refractivity contribution >= 4 is 29.5 Å². The summed E-state index contributed by atoms with van der Waals surface area (Å²) in [5.74, 6) is 0.382. The molecule has 2 aromatic carbocycles. The molecule has 0 saturated heterocycles. The number of carbonyl (C=O) groups is 1. The number of hydrogen-bond acceptors (Lipinski definition) is 4. The number of rotatable bonds is 9. The van der Waals surface area contributed by atoms with Gasteiger partial charge in [-0.05, 0) is 75.6 Å². The average Bonchev–Trinajstić information content (AvgIpc) is 3.14. The summed E-state index contributed by atoms with van der Waals surface area (Å²) in [6.07, 6.45) is 1.19. The van der Waals surface area contributed by atoms with Gasteiger partial charge in [0.2, 0.25) is 0 Å².